The van der Waals surface area contributed by atoms with Gasteiger partial charge in [0.05, 0.1) is 13.2 Å². The minimum atomic E-state index is -0.376. The highest BCUT2D eigenvalue weighted by Crippen LogP contribution is 2.32. The Hall–Kier alpha value is -3.68. The average Bonchev–Trinajstić information content (AvgIpc) is 3.69. The van der Waals surface area contributed by atoms with Gasteiger partial charge in [0.1, 0.15) is 5.69 Å². The van der Waals surface area contributed by atoms with Crippen molar-refractivity contribution in [2.24, 2.45) is 5.92 Å². The number of nitrogens with two attached hydrogens (primary N) is 1. The van der Waals surface area contributed by atoms with Crippen LogP contribution in [0.4, 0.5) is 23.0 Å². The molecule has 6 N–H and O–H groups in total. The number of aromatic amines is 1. The van der Waals surface area contributed by atoms with E-state index < -0.39 is 0 Å². The third kappa shape index (κ3) is 6.79. The summed E-state index contributed by atoms with van der Waals surface area (Å²) in [7, 11) is 0. The number of aryl methyl sites for hydroxylation is 1. The first kappa shape index (κ1) is 25.9. The van der Waals surface area contributed by atoms with Crippen molar-refractivity contribution in [3.63, 3.8) is 0 Å². The summed E-state index contributed by atoms with van der Waals surface area (Å²) in [5, 5.41) is 16.3. The van der Waals surface area contributed by atoms with E-state index in [1.165, 1.54) is 11.8 Å². The topological polar surface area (TPSA) is 163 Å². The lowest BCUT2D eigenvalue weighted by molar-refractivity contribution is -0.117. The van der Waals surface area contributed by atoms with Gasteiger partial charge in [0.25, 0.3) is 5.91 Å². The zero-order valence-corrected chi connectivity index (χ0v) is 21.9. The lowest BCUT2D eigenvalue weighted by Gasteiger charge is -2.26. The van der Waals surface area contributed by atoms with Crippen molar-refractivity contribution in [2.75, 3.05) is 55.8 Å². The van der Waals surface area contributed by atoms with Crippen LogP contribution < -0.4 is 21.7 Å². The number of amides is 2. The monoisotopic (exact) mass is 537 g/mol. The Balaban J connectivity index is 1.31. The summed E-state index contributed by atoms with van der Waals surface area (Å²) in [6, 6.07) is 9.24. The molecule has 1 aliphatic heterocycles. The van der Waals surface area contributed by atoms with Crippen molar-refractivity contribution >= 4 is 46.6 Å². The van der Waals surface area contributed by atoms with Gasteiger partial charge < -0.3 is 26.4 Å². The molecule has 1 aliphatic carbocycles. The van der Waals surface area contributed by atoms with Crippen molar-refractivity contribution in [3.05, 3.63) is 41.7 Å². The molecule has 2 aromatic heterocycles. The number of aromatic nitrogens is 4. The third-order valence-corrected chi connectivity index (χ3v) is 7.06. The summed E-state index contributed by atoms with van der Waals surface area (Å²) < 4.78 is 5.38. The molecule has 5 rings (SSSR count). The highest BCUT2D eigenvalue weighted by molar-refractivity contribution is 7.99. The molecule has 3 aromatic rings. The van der Waals surface area contributed by atoms with Crippen molar-refractivity contribution < 1.29 is 14.3 Å². The Morgan fingerprint density at radius 2 is 1.95 bits per heavy atom. The largest absolute Gasteiger partial charge is 0.394 e. The van der Waals surface area contributed by atoms with Crippen molar-refractivity contribution in [2.45, 2.75) is 29.8 Å². The summed E-state index contributed by atoms with van der Waals surface area (Å²) in [5.41, 5.74) is 8.18. The maximum Gasteiger partial charge on any atom is 0.272 e. The van der Waals surface area contributed by atoms with Gasteiger partial charge in [0.15, 0.2) is 22.5 Å². The molecule has 0 bridgehead atoms. The van der Waals surface area contributed by atoms with Gasteiger partial charge in [-0.15, -0.1) is 0 Å². The maximum absolute atomic E-state index is 13.1. The van der Waals surface area contributed by atoms with Crippen LogP contribution in [0.3, 0.4) is 0 Å². The quantitative estimate of drug-likeness (QED) is 0.243. The summed E-state index contributed by atoms with van der Waals surface area (Å²) in [4.78, 5) is 37.3. The minimum Gasteiger partial charge on any atom is -0.394 e. The first-order valence-electron chi connectivity index (χ1n) is 12.6. The number of H-pyrrole nitrogens is 1. The lowest BCUT2D eigenvalue weighted by Crippen LogP contribution is -2.41. The predicted octanol–water partition coefficient (Wildman–Crippen LogP) is 2.40. The number of nitrogen functional groups attached to an aromatic ring is 1. The number of morpholine rings is 1. The predicted molar refractivity (Wildman–Crippen MR) is 145 cm³/mol. The Morgan fingerprint density at radius 3 is 2.63 bits per heavy atom. The Labute approximate surface area is 224 Å². The van der Waals surface area contributed by atoms with Crippen LogP contribution in [0.1, 0.15) is 29.0 Å². The second-order valence-corrected chi connectivity index (χ2v) is 10.3. The third-order valence-electron chi connectivity index (χ3n) is 6.19. The standard InChI is InChI=1S/C25H31N9O3S/c1-15-14-19(33-32-15)29-22-20(26)21(24(36)27-8-9-34-10-12-37-13-11-34)30-25(31-22)38-18-6-4-17(5-7-18)28-23(35)16-2-3-16/h4-7,14,16H,2-3,8-13,26H2,1H3,(H,27,36)(H,28,35)(H2,29,30,31,32,33). The first-order valence-corrected chi connectivity index (χ1v) is 13.4. The van der Waals surface area contributed by atoms with Gasteiger partial charge in [-0.2, -0.15) is 5.10 Å². The van der Waals surface area contributed by atoms with Crippen molar-refractivity contribution in [1.29, 1.82) is 0 Å². The number of nitrogens with zero attached hydrogens (tertiary/aromatic N) is 4. The average molecular weight is 538 g/mol. The van der Waals surface area contributed by atoms with E-state index in [1.807, 2.05) is 37.3 Å². The highest BCUT2D eigenvalue weighted by Gasteiger charge is 2.29. The Bertz CT molecular complexity index is 1290. The van der Waals surface area contributed by atoms with Gasteiger partial charge in [-0.3, -0.25) is 19.6 Å². The second-order valence-electron chi connectivity index (χ2n) is 9.28. The first-order chi connectivity index (χ1) is 18.4. The van der Waals surface area contributed by atoms with Crippen LogP contribution in [0.2, 0.25) is 0 Å². The van der Waals surface area contributed by atoms with E-state index >= 15 is 0 Å². The van der Waals surface area contributed by atoms with E-state index in [0.717, 1.165) is 42.2 Å². The minimum absolute atomic E-state index is 0.0564. The van der Waals surface area contributed by atoms with Crippen molar-refractivity contribution in [1.82, 2.24) is 30.4 Å². The molecule has 38 heavy (non-hydrogen) atoms. The molecule has 12 nitrogen and oxygen atoms in total. The van der Waals surface area contributed by atoms with Crippen LogP contribution in [-0.4, -0.2) is 76.3 Å². The molecule has 200 valence electrons. The molecule has 0 spiro atoms. The van der Waals surface area contributed by atoms with Gasteiger partial charge in [-0.05, 0) is 55.8 Å². The lowest BCUT2D eigenvalue weighted by atomic mass is 10.3. The van der Waals surface area contributed by atoms with Gasteiger partial charge in [0.2, 0.25) is 5.91 Å². The van der Waals surface area contributed by atoms with Crippen LogP contribution >= 0.6 is 11.8 Å². The number of benzene rings is 1. The van der Waals surface area contributed by atoms with E-state index in [9.17, 15) is 9.59 Å². The Morgan fingerprint density at radius 1 is 1.18 bits per heavy atom. The van der Waals surface area contributed by atoms with Gasteiger partial charge in [-0.25, -0.2) is 9.97 Å². The van der Waals surface area contributed by atoms with Crippen molar-refractivity contribution in [3.8, 4) is 0 Å². The van der Waals surface area contributed by atoms with E-state index in [-0.39, 0.29) is 29.1 Å². The molecule has 3 heterocycles. The number of anilines is 4. The van der Waals surface area contributed by atoms with Gasteiger partial charge >= 0.3 is 0 Å². The van der Waals surface area contributed by atoms with Crippen LogP contribution in [0, 0.1) is 12.8 Å². The van der Waals surface area contributed by atoms with E-state index in [1.54, 1.807) is 0 Å². The van der Waals surface area contributed by atoms with Crippen LogP contribution in [0.25, 0.3) is 0 Å². The molecule has 1 saturated carbocycles. The van der Waals surface area contributed by atoms with E-state index in [4.69, 9.17) is 10.5 Å². The number of hydrogen-bond acceptors (Lipinski definition) is 10. The molecule has 2 fully saturated rings. The molecule has 1 aromatic carbocycles. The molecular formula is C25H31N9O3S. The maximum atomic E-state index is 13.1. The molecule has 13 heteroatoms. The summed E-state index contributed by atoms with van der Waals surface area (Å²) in [6.07, 6.45) is 1.90. The fourth-order valence-electron chi connectivity index (χ4n) is 3.90. The fraction of sp³-hybridized carbons (Fsp3) is 0.400. The highest BCUT2D eigenvalue weighted by atomic mass is 32.2. The SMILES string of the molecule is Cc1cc(Nc2nc(Sc3ccc(NC(=O)C4CC4)cc3)nc(C(=O)NCCN3CCOCC3)c2N)n[nH]1. The second kappa shape index (κ2) is 11.8. The zero-order chi connectivity index (χ0) is 26.5. The van der Waals surface area contributed by atoms with Gasteiger partial charge in [-0.1, -0.05) is 0 Å². The number of nitrogens with one attached hydrogen (secondary N) is 4. The van der Waals surface area contributed by atoms with Gasteiger partial charge in [0, 0.05) is 54.4 Å². The van der Waals surface area contributed by atoms with Crippen LogP contribution in [0.5, 0.6) is 0 Å². The smallest absolute Gasteiger partial charge is 0.272 e. The Kier molecular flexibility index (Phi) is 8.05. The van der Waals surface area contributed by atoms with Crippen LogP contribution in [0.15, 0.2) is 40.4 Å². The summed E-state index contributed by atoms with van der Waals surface area (Å²) in [6.45, 7) is 6.13. The number of rotatable bonds is 10. The molecule has 0 radical (unpaired) electrons. The fourth-order valence-corrected chi connectivity index (χ4v) is 4.66. The van der Waals surface area contributed by atoms with E-state index in [0.29, 0.717) is 43.1 Å². The molecular weight excluding hydrogens is 506 g/mol. The molecule has 0 unspecified atom stereocenters. The zero-order valence-electron chi connectivity index (χ0n) is 21.1. The molecule has 2 amide bonds. The normalized spacial score (nSPS) is 15.7. The molecule has 0 atom stereocenters. The molecule has 2 aliphatic rings. The molecule has 1 saturated heterocycles. The van der Waals surface area contributed by atoms with Crippen LogP contribution in [-0.2, 0) is 9.53 Å². The summed E-state index contributed by atoms with van der Waals surface area (Å²) in [5.74, 6) is 0.633. The number of ether oxygens (including phenoxy) is 1. The number of carbonyl (C=O) groups is 2. The van der Waals surface area contributed by atoms with E-state index in [2.05, 4.69) is 41.0 Å². The summed E-state index contributed by atoms with van der Waals surface area (Å²) >= 11 is 1.29. The number of hydrogen-bond donors (Lipinski definition) is 5. The number of carbonyl (C=O) groups excluding carboxylic acids is 2.